The van der Waals surface area contributed by atoms with E-state index in [4.69, 9.17) is 0 Å². The molecule has 1 aliphatic carbocycles. The lowest BCUT2D eigenvalue weighted by molar-refractivity contribution is 0.439. The van der Waals surface area contributed by atoms with Crippen molar-refractivity contribution < 1.29 is 0 Å². The third-order valence-electron chi connectivity index (χ3n) is 3.93. The Kier molecular flexibility index (Phi) is 4.60. The predicted octanol–water partition coefficient (Wildman–Crippen LogP) is 4.12. The number of hydrogen-bond donors (Lipinski definition) is 1. The monoisotopic (exact) mass is 243 g/mol. The maximum atomic E-state index is 4.02. The summed E-state index contributed by atoms with van der Waals surface area (Å²) in [6.45, 7) is 9.42. The van der Waals surface area contributed by atoms with Crippen molar-refractivity contribution in [2.45, 2.75) is 45.1 Å². The molecule has 0 bridgehead atoms. The standard InChI is InChI=1S/C17H25N/c1-4-18-17(11-10-13(2)3)16-12-15(16)14-8-6-5-7-9-14/h5-9,15-18H,2,4,10-12H2,1,3H3. The molecule has 0 amide bonds. The summed E-state index contributed by atoms with van der Waals surface area (Å²) in [5.74, 6) is 1.60. The average molecular weight is 243 g/mol. The smallest absolute Gasteiger partial charge is 0.0104 e. The van der Waals surface area contributed by atoms with Crippen molar-refractivity contribution >= 4 is 0 Å². The van der Waals surface area contributed by atoms with Gasteiger partial charge in [-0.2, -0.15) is 0 Å². The number of nitrogens with one attached hydrogen (secondary N) is 1. The topological polar surface area (TPSA) is 12.0 Å². The van der Waals surface area contributed by atoms with Crippen LogP contribution in [0, 0.1) is 5.92 Å². The van der Waals surface area contributed by atoms with Crippen LogP contribution in [0.15, 0.2) is 42.5 Å². The highest BCUT2D eigenvalue weighted by atomic mass is 14.9. The predicted molar refractivity (Wildman–Crippen MR) is 78.8 cm³/mol. The normalized spacial score (nSPS) is 23.7. The number of benzene rings is 1. The van der Waals surface area contributed by atoms with E-state index in [9.17, 15) is 0 Å². The van der Waals surface area contributed by atoms with Crippen LogP contribution in [0.5, 0.6) is 0 Å². The van der Waals surface area contributed by atoms with Gasteiger partial charge in [0, 0.05) is 6.04 Å². The van der Waals surface area contributed by atoms with Crippen molar-refractivity contribution in [1.29, 1.82) is 0 Å². The molecule has 98 valence electrons. The van der Waals surface area contributed by atoms with Crippen LogP contribution in [0.2, 0.25) is 0 Å². The van der Waals surface area contributed by atoms with Crippen LogP contribution in [-0.4, -0.2) is 12.6 Å². The molecule has 0 heterocycles. The Labute approximate surface area is 111 Å². The second kappa shape index (κ2) is 6.19. The van der Waals surface area contributed by atoms with Gasteiger partial charge in [-0.1, -0.05) is 42.8 Å². The van der Waals surface area contributed by atoms with Gasteiger partial charge >= 0.3 is 0 Å². The summed E-state index contributed by atoms with van der Waals surface area (Å²) in [5, 5.41) is 3.66. The van der Waals surface area contributed by atoms with Crippen LogP contribution in [0.25, 0.3) is 0 Å². The molecule has 2 rings (SSSR count). The first kappa shape index (κ1) is 13.4. The van der Waals surface area contributed by atoms with Crippen LogP contribution in [0.1, 0.15) is 44.6 Å². The van der Waals surface area contributed by atoms with Crippen molar-refractivity contribution in [1.82, 2.24) is 5.32 Å². The lowest BCUT2D eigenvalue weighted by atomic mass is 10.00. The van der Waals surface area contributed by atoms with Gasteiger partial charge in [-0.15, -0.1) is 6.58 Å². The molecule has 0 spiro atoms. The van der Waals surface area contributed by atoms with Crippen LogP contribution in [-0.2, 0) is 0 Å². The van der Waals surface area contributed by atoms with Crippen LogP contribution in [0.3, 0.4) is 0 Å². The first-order chi connectivity index (χ1) is 8.72. The molecule has 1 aliphatic rings. The van der Waals surface area contributed by atoms with E-state index in [0.29, 0.717) is 6.04 Å². The van der Waals surface area contributed by atoms with Gasteiger partial charge in [0.2, 0.25) is 0 Å². The maximum absolute atomic E-state index is 4.02. The molecule has 3 unspecified atom stereocenters. The summed E-state index contributed by atoms with van der Waals surface area (Å²) in [7, 11) is 0. The minimum Gasteiger partial charge on any atom is -0.314 e. The highest BCUT2D eigenvalue weighted by molar-refractivity contribution is 5.26. The fourth-order valence-corrected chi connectivity index (χ4v) is 2.87. The Balaban J connectivity index is 1.91. The van der Waals surface area contributed by atoms with Gasteiger partial charge in [-0.25, -0.2) is 0 Å². The van der Waals surface area contributed by atoms with E-state index < -0.39 is 0 Å². The lowest BCUT2D eigenvalue weighted by Crippen LogP contribution is -2.31. The Hall–Kier alpha value is -1.08. The third-order valence-corrected chi connectivity index (χ3v) is 3.93. The summed E-state index contributed by atoms with van der Waals surface area (Å²) in [4.78, 5) is 0. The molecule has 1 nitrogen and oxygen atoms in total. The maximum Gasteiger partial charge on any atom is 0.0104 e. The van der Waals surface area contributed by atoms with Crippen molar-refractivity contribution in [3.05, 3.63) is 48.0 Å². The zero-order valence-electron chi connectivity index (χ0n) is 11.7. The Bertz CT molecular complexity index is 382. The minimum absolute atomic E-state index is 0.664. The first-order valence-electron chi connectivity index (χ1n) is 7.15. The zero-order valence-corrected chi connectivity index (χ0v) is 11.7. The summed E-state index contributed by atoms with van der Waals surface area (Å²) < 4.78 is 0. The molecule has 3 atom stereocenters. The van der Waals surface area contributed by atoms with Crippen molar-refractivity contribution in [3.8, 4) is 0 Å². The average Bonchev–Trinajstić information content (AvgIpc) is 3.15. The molecule has 1 heteroatoms. The fraction of sp³-hybridized carbons (Fsp3) is 0.529. The fourth-order valence-electron chi connectivity index (χ4n) is 2.87. The van der Waals surface area contributed by atoms with Crippen LogP contribution >= 0.6 is 0 Å². The lowest BCUT2D eigenvalue weighted by Gasteiger charge is -2.18. The largest absolute Gasteiger partial charge is 0.314 e. The second-order valence-corrected chi connectivity index (χ2v) is 5.58. The Morgan fingerprint density at radius 1 is 1.39 bits per heavy atom. The highest BCUT2D eigenvalue weighted by Gasteiger charge is 2.42. The Morgan fingerprint density at radius 2 is 2.11 bits per heavy atom. The SMILES string of the molecule is C=C(C)CCC(NCC)C1CC1c1ccccc1. The van der Waals surface area contributed by atoms with E-state index >= 15 is 0 Å². The summed E-state index contributed by atoms with van der Waals surface area (Å²) in [6.07, 6.45) is 3.73. The van der Waals surface area contributed by atoms with Crippen molar-refractivity contribution in [2.75, 3.05) is 6.54 Å². The first-order valence-corrected chi connectivity index (χ1v) is 7.15. The molecule has 1 saturated carbocycles. The molecule has 0 aliphatic heterocycles. The molecule has 1 aromatic rings. The van der Waals surface area contributed by atoms with E-state index in [2.05, 4.69) is 56.1 Å². The van der Waals surface area contributed by atoms with Gasteiger partial charge < -0.3 is 5.32 Å². The van der Waals surface area contributed by atoms with Crippen LogP contribution < -0.4 is 5.32 Å². The van der Waals surface area contributed by atoms with E-state index in [0.717, 1.165) is 24.8 Å². The van der Waals surface area contributed by atoms with Gasteiger partial charge in [0.15, 0.2) is 0 Å². The van der Waals surface area contributed by atoms with Crippen molar-refractivity contribution in [2.24, 2.45) is 5.92 Å². The van der Waals surface area contributed by atoms with Gasteiger partial charge in [-0.05, 0) is 50.1 Å². The van der Waals surface area contributed by atoms with E-state index in [1.165, 1.54) is 24.0 Å². The molecule has 0 radical (unpaired) electrons. The van der Waals surface area contributed by atoms with Crippen LogP contribution in [0.4, 0.5) is 0 Å². The number of hydrogen-bond acceptors (Lipinski definition) is 1. The number of rotatable bonds is 7. The highest BCUT2D eigenvalue weighted by Crippen LogP contribution is 2.50. The molecular formula is C17H25N. The van der Waals surface area contributed by atoms with Gasteiger partial charge in [0.1, 0.15) is 0 Å². The minimum atomic E-state index is 0.664. The zero-order chi connectivity index (χ0) is 13.0. The molecular weight excluding hydrogens is 218 g/mol. The number of allylic oxidation sites excluding steroid dienone is 1. The third kappa shape index (κ3) is 3.46. The summed E-state index contributed by atoms with van der Waals surface area (Å²) in [6, 6.07) is 11.6. The van der Waals surface area contributed by atoms with Crippen molar-refractivity contribution in [3.63, 3.8) is 0 Å². The van der Waals surface area contributed by atoms with E-state index in [-0.39, 0.29) is 0 Å². The second-order valence-electron chi connectivity index (χ2n) is 5.58. The summed E-state index contributed by atoms with van der Waals surface area (Å²) >= 11 is 0. The van der Waals surface area contributed by atoms with Gasteiger partial charge in [0.25, 0.3) is 0 Å². The molecule has 1 fully saturated rings. The van der Waals surface area contributed by atoms with E-state index in [1.807, 2.05) is 0 Å². The molecule has 1 N–H and O–H groups in total. The van der Waals surface area contributed by atoms with Gasteiger partial charge in [-0.3, -0.25) is 0 Å². The van der Waals surface area contributed by atoms with Gasteiger partial charge in [0.05, 0.1) is 0 Å². The molecule has 0 saturated heterocycles. The summed E-state index contributed by atoms with van der Waals surface area (Å²) in [5.41, 5.74) is 2.82. The molecule has 18 heavy (non-hydrogen) atoms. The Morgan fingerprint density at radius 3 is 2.72 bits per heavy atom. The molecule has 0 aromatic heterocycles. The van der Waals surface area contributed by atoms with E-state index in [1.54, 1.807) is 0 Å². The molecule has 1 aromatic carbocycles. The quantitative estimate of drug-likeness (QED) is 0.710.